The third kappa shape index (κ3) is 10.4. The van der Waals surface area contributed by atoms with Crippen molar-refractivity contribution >= 4 is 28.8 Å². The van der Waals surface area contributed by atoms with Gasteiger partial charge in [0.25, 0.3) is 0 Å². The van der Waals surface area contributed by atoms with E-state index in [4.69, 9.17) is 14.2 Å². The fourth-order valence-corrected chi connectivity index (χ4v) is 3.80. The molecular formula is C33H26O6S. The second-order valence-corrected chi connectivity index (χ2v) is 9.06. The number of ether oxygens (including phenoxy) is 3. The van der Waals surface area contributed by atoms with E-state index in [-0.39, 0.29) is 5.12 Å². The zero-order valence-corrected chi connectivity index (χ0v) is 22.5. The first-order valence-electron chi connectivity index (χ1n) is 12.3. The smallest absolute Gasteiger partial charge is 0.335 e. The summed E-state index contributed by atoms with van der Waals surface area (Å²) >= 11 is 1.08. The molecule has 0 aliphatic heterocycles. The monoisotopic (exact) mass is 550 g/mol. The molecule has 0 bridgehead atoms. The van der Waals surface area contributed by atoms with Crippen LogP contribution in [-0.2, 0) is 14.3 Å². The lowest BCUT2D eigenvalue weighted by atomic mass is 10.1. The third-order valence-electron chi connectivity index (χ3n) is 5.09. The van der Waals surface area contributed by atoms with Gasteiger partial charge < -0.3 is 14.2 Å². The number of carbonyl (C=O) groups is 3. The van der Waals surface area contributed by atoms with Crippen LogP contribution < -0.4 is 9.47 Å². The van der Waals surface area contributed by atoms with E-state index < -0.39 is 11.9 Å². The van der Waals surface area contributed by atoms with Crippen molar-refractivity contribution in [3.05, 3.63) is 115 Å². The average Bonchev–Trinajstić information content (AvgIpc) is 2.98. The van der Waals surface area contributed by atoms with Gasteiger partial charge in [0.2, 0.25) is 5.12 Å². The second kappa shape index (κ2) is 16.1. The maximum Gasteiger partial charge on any atom is 0.335 e. The standard InChI is InChI=1S/C33H26O6S/c1-3-31(34)38-24-8-7-23-37-28-17-13-26(14-18-28)10-6-5-9-25-11-15-27(16-12-25)33(36)40-30-21-19-29(20-22-30)39-32(35)4-2/h3-4,11-22H,1-2,7-8,23-24H2. The number of unbranched alkanes of at least 4 members (excludes halogenated alkanes) is 1. The van der Waals surface area contributed by atoms with Crippen molar-refractivity contribution in [2.75, 3.05) is 13.2 Å². The molecule has 0 unspecified atom stereocenters. The number of hydrogen-bond donors (Lipinski definition) is 0. The number of rotatable bonds is 11. The first-order valence-corrected chi connectivity index (χ1v) is 13.1. The predicted octanol–water partition coefficient (Wildman–Crippen LogP) is 6.00. The van der Waals surface area contributed by atoms with Crippen LogP contribution in [0.3, 0.4) is 0 Å². The van der Waals surface area contributed by atoms with Gasteiger partial charge in [-0.3, -0.25) is 4.79 Å². The predicted molar refractivity (Wildman–Crippen MR) is 155 cm³/mol. The summed E-state index contributed by atoms with van der Waals surface area (Å²) in [7, 11) is 0. The number of benzene rings is 3. The van der Waals surface area contributed by atoms with E-state index in [1.165, 1.54) is 0 Å². The van der Waals surface area contributed by atoms with Gasteiger partial charge in [0.05, 0.1) is 13.2 Å². The minimum Gasteiger partial charge on any atom is -0.494 e. The summed E-state index contributed by atoms with van der Waals surface area (Å²) in [6.07, 6.45) is 3.71. The molecule has 40 heavy (non-hydrogen) atoms. The fraction of sp³-hybridized carbons (Fsp3) is 0.121. The van der Waals surface area contributed by atoms with E-state index in [0.29, 0.717) is 30.9 Å². The topological polar surface area (TPSA) is 78.9 Å². The highest BCUT2D eigenvalue weighted by molar-refractivity contribution is 8.14. The van der Waals surface area contributed by atoms with Crippen LogP contribution in [0.4, 0.5) is 0 Å². The minimum absolute atomic E-state index is 0.114. The Kier molecular flexibility index (Phi) is 11.9. The highest BCUT2D eigenvalue weighted by Gasteiger charge is 2.09. The Morgan fingerprint density at radius 1 is 0.700 bits per heavy atom. The van der Waals surface area contributed by atoms with Crippen LogP contribution >= 0.6 is 11.8 Å². The molecule has 0 saturated heterocycles. The van der Waals surface area contributed by atoms with Crippen molar-refractivity contribution in [3.63, 3.8) is 0 Å². The Hall–Kier alpha value is -4.98. The SMILES string of the molecule is C=CC(=O)OCCCCOc1ccc(C#CC#Cc2ccc(C(=O)Sc3ccc(OC(=O)C=C)cc3)cc2)cc1. The Morgan fingerprint density at radius 2 is 1.25 bits per heavy atom. The molecule has 0 fully saturated rings. The van der Waals surface area contributed by atoms with Crippen molar-refractivity contribution in [1.29, 1.82) is 0 Å². The van der Waals surface area contributed by atoms with E-state index in [1.807, 2.05) is 24.3 Å². The molecular weight excluding hydrogens is 524 g/mol. The molecule has 0 aliphatic carbocycles. The largest absolute Gasteiger partial charge is 0.494 e. The van der Waals surface area contributed by atoms with Gasteiger partial charge in [0, 0.05) is 33.7 Å². The van der Waals surface area contributed by atoms with E-state index >= 15 is 0 Å². The molecule has 0 aromatic heterocycles. The average molecular weight is 551 g/mol. The molecule has 7 heteroatoms. The normalized spacial score (nSPS) is 9.60. The third-order valence-corrected chi connectivity index (χ3v) is 6.02. The van der Waals surface area contributed by atoms with Gasteiger partial charge in [-0.05, 0) is 109 Å². The Labute approximate surface area is 238 Å². The highest BCUT2D eigenvalue weighted by atomic mass is 32.2. The van der Waals surface area contributed by atoms with Crippen LogP contribution in [-0.4, -0.2) is 30.3 Å². The van der Waals surface area contributed by atoms with E-state index in [0.717, 1.165) is 52.1 Å². The molecule has 200 valence electrons. The summed E-state index contributed by atoms with van der Waals surface area (Å²) in [5, 5.41) is -0.114. The Bertz CT molecular complexity index is 1460. The summed E-state index contributed by atoms with van der Waals surface area (Å²) < 4.78 is 15.6. The van der Waals surface area contributed by atoms with Crippen LogP contribution in [0.15, 0.2) is 103 Å². The van der Waals surface area contributed by atoms with Crippen LogP contribution in [0.2, 0.25) is 0 Å². The molecule has 3 rings (SSSR count). The number of hydrogen-bond acceptors (Lipinski definition) is 7. The maximum absolute atomic E-state index is 12.6. The van der Waals surface area contributed by atoms with Crippen molar-refractivity contribution < 1.29 is 28.6 Å². The quantitative estimate of drug-likeness (QED) is 0.0723. The van der Waals surface area contributed by atoms with Crippen LogP contribution in [0.1, 0.15) is 34.3 Å². The summed E-state index contributed by atoms with van der Waals surface area (Å²) in [5.74, 6) is 11.8. The molecule has 6 nitrogen and oxygen atoms in total. The van der Waals surface area contributed by atoms with Crippen molar-refractivity contribution in [2.24, 2.45) is 0 Å². The molecule has 0 aliphatic rings. The maximum atomic E-state index is 12.6. The van der Waals surface area contributed by atoms with Gasteiger partial charge in [-0.15, -0.1) is 0 Å². The molecule has 0 radical (unpaired) electrons. The zero-order chi connectivity index (χ0) is 28.6. The number of carbonyl (C=O) groups excluding carboxylic acids is 3. The lowest BCUT2D eigenvalue weighted by Gasteiger charge is -2.06. The number of esters is 2. The lowest BCUT2D eigenvalue weighted by molar-refractivity contribution is -0.137. The highest BCUT2D eigenvalue weighted by Crippen LogP contribution is 2.25. The van der Waals surface area contributed by atoms with Gasteiger partial charge in [-0.2, -0.15) is 0 Å². The van der Waals surface area contributed by atoms with Crippen LogP contribution in [0, 0.1) is 23.7 Å². The lowest BCUT2D eigenvalue weighted by Crippen LogP contribution is -2.04. The first-order chi connectivity index (χ1) is 19.5. The van der Waals surface area contributed by atoms with Gasteiger partial charge >= 0.3 is 11.9 Å². The zero-order valence-electron chi connectivity index (χ0n) is 21.7. The molecule has 0 atom stereocenters. The van der Waals surface area contributed by atoms with E-state index in [1.54, 1.807) is 48.5 Å². The first kappa shape index (κ1) is 29.6. The van der Waals surface area contributed by atoms with Gasteiger partial charge in [-0.1, -0.05) is 25.0 Å². The summed E-state index contributed by atoms with van der Waals surface area (Å²) in [4.78, 5) is 35.5. The Morgan fingerprint density at radius 3 is 1.85 bits per heavy atom. The summed E-state index contributed by atoms with van der Waals surface area (Å²) in [6.45, 7) is 7.57. The van der Waals surface area contributed by atoms with Crippen LogP contribution in [0.5, 0.6) is 11.5 Å². The van der Waals surface area contributed by atoms with Crippen LogP contribution in [0.25, 0.3) is 0 Å². The molecule has 0 N–H and O–H groups in total. The molecule has 3 aromatic rings. The summed E-state index contributed by atoms with van der Waals surface area (Å²) in [6, 6.07) is 21.1. The number of thioether (sulfide) groups is 1. The fourth-order valence-electron chi connectivity index (χ4n) is 3.06. The molecule has 0 spiro atoms. The summed E-state index contributed by atoms with van der Waals surface area (Å²) in [5.41, 5.74) is 2.09. The minimum atomic E-state index is -0.541. The van der Waals surface area contributed by atoms with Crippen molar-refractivity contribution in [2.45, 2.75) is 17.7 Å². The van der Waals surface area contributed by atoms with Gasteiger partial charge in [0.1, 0.15) is 11.5 Å². The second-order valence-electron chi connectivity index (χ2n) is 8.02. The van der Waals surface area contributed by atoms with E-state index in [9.17, 15) is 14.4 Å². The van der Waals surface area contributed by atoms with Crippen molar-refractivity contribution in [3.8, 4) is 35.2 Å². The van der Waals surface area contributed by atoms with Gasteiger partial charge in [-0.25, -0.2) is 9.59 Å². The van der Waals surface area contributed by atoms with E-state index in [2.05, 4.69) is 36.8 Å². The molecule has 0 heterocycles. The molecule has 0 amide bonds. The Balaban J connectivity index is 1.44. The van der Waals surface area contributed by atoms with Gasteiger partial charge in [0.15, 0.2) is 0 Å². The molecule has 0 saturated carbocycles. The van der Waals surface area contributed by atoms with Crippen molar-refractivity contribution in [1.82, 2.24) is 0 Å². The molecule has 3 aromatic carbocycles.